The number of benzene rings is 3. The lowest BCUT2D eigenvalue weighted by Crippen LogP contribution is -2.33. The molecule has 5 nitrogen and oxygen atoms in total. The zero-order valence-corrected chi connectivity index (χ0v) is 16.8. The maximum Gasteiger partial charge on any atom is 0.255 e. The molecule has 1 aromatic heterocycles. The van der Waals surface area contributed by atoms with Crippen molar-refractivity contribution in [3.63, 3.8) is 0 Å². The molecular formula is C25H25N3O2. The molecule has 0 saturated heterocycles. The minimum atomic E-state index is -0.592. The molecule has 0 fully saturated rings. The van der Waals surface area contributed by atoms with E-state index in [-0.39, 0.29) is 11.9 Å². The minimum absolute atomic E-state index is 0.138. The van der Waals surface area contributed by atoms with Crippen molar-refractivity contribution >= 4 is 22.5 Å². The van der Waals surface area contributed by atoms with E-state index < -0.39 is 6.10 Å². The third-order valence-electron chi connectivity index (χ3n) is 5.23. The van der Waals surface area contributed by atoms with Gasteiger partial charge >= 0.3 is 0 Å². The van der Waals surface area contributed by atoms with E-state index in [4.69, 9.17) is 0 Å². The number of anilines is 1. The first-order valence-corrected chi connectivity index (χ1v) is 10.0. The number of rotatable bonds is 7. The number of aromatic nitrogens is 1. The Labute approximate surface area is 176 Å². The van der Waals surface area contributed by atoms with Gasteiger partial charge in [0.15, 0.2) is 0 Å². The highest BCUT2D eigenvalue weighted by molar-refractivity contribution is 6.05. The summed E-state index contributed by atoms with van der Waals surface area (Å²) in [6.07, 6.45) is 1.40. The number of carbonyl (C=O) groups is 1. The quantitative estimate of drug-likeness (QED) is 0.439. The van der Waals surface area contributed by atoms with Crippen LogP contribution in [-0.4, -0.2) is 35.3 Å². The predicted molar refractivity (Wildman–Crippen MR) is 121 cm³/mol. The Morgan fingerprint density at radius 3 is 2.37 bits per heavy atom. The van der Waals surface area contributed by atoms with Crippen LogP contribution in [0.15, 0.2) is 91.1 Å². The number of amides is 1. The molecule has 0 unspecified atom stereocenters. The SMILES string of the molecule is CNC[C@@H](O)[C@H](c1ccccc1)n1ccc2cc(NC(=O)c3ccccc3)ccc21. The second kappa shape index (κ2) is 8.95. The van der Waals surface area contributed by atoms with Crippen molar-refractivity contribution < 1.29 is 9.90 Å². The van der Waals surface area contributed by atoms with Crippen LogP contribution in [0.4, 0.5) is 5.69 Å². The third kappa shape index (κ3) is 4.13. The van der Waals surface area contributed by atoms with Crippen LogP contribution in [0, 0.1) is 0 Å². The van der Waals surface area contributed by atoms with Gasteiger partial charge in [0, 0.05) is 34.9 Å². The first-order valence-electron chi connectivity index (χ1n) is 10.0. The Morgan fingerprint density at radius 2 is 1.67 bits per heavy atom. The highest BCUT2D eigenvalue weighted by Gasteiger charge is 2.23. The second-order valence-electron chi connectivity index (χ2n) is 7.30. The number of nitrogens with one attached hydrogen (secondary N) is 2. The summed E-state index contributed by atoms with van der Waals surface area (Å²) in [4.78, 5) is 12.5. The molecule has 0 aliphatic heterocycles. The van der Waals surface area contributed by atoms with E-state index in [1.165, 1.54) is 0 Å². The monoisotopic (exact) mass is 399 g/mol. The van der Waals surface area contributed by atoms with Crippen molar-refractivity contribution in [3.05, 3.63) is 102 Å². The summed E-state index contributed by atoms with van der Waals surface area (Å²) >= 11 is 0. The largest absolute Gasteiger partial charge is 0.389 e. The summed E-state index contributed by atoms with van der Waals surface area (Å²) in [5.41, 5.74) is 3.39. The number of hydrogen-bond donors (Lipinski definition) is 3. The minimum Gasteiger partial charge on any atom is -0.389 e. The van der Waals surface area contributed by atoms with Gasteiger partial charge in [-0.2, -0.15) is 0 Å². The lowest BCUT2D eigenvalue weighted by Gasteiger charge is -2.26. The fourth-order valence-electron chi connectivity index (χ4n) is 3.82. The maximum absolute atomic E-state index is 12.5. The van der Waals surface area contributed by atoms with E-state index in [9.17, 15) is 9.90 Å². The molecule has 0 bridgehead atoms. The Bertz CT molecular complexity index is 1120. The number of nitrogens with zero attached hydrogens (tertiary/aromatic N) is 1. The molecule has 0 spiro atoms. The van der Waals surface area contributed by atoms with Gasteiger partial charge in [-0.15, -0.1) is 0 Å². The lowest BCUT2D eigenvalue weighted by atomic mass is 10.0. The van der Waals surface area contributed by atoms with Crippen LogP contribution >= 0.6 is 0 Å². The first-order chi connectivity index (χ1) is 14.7. The first kappa shape index (κ1) is 19.9. The average Bonchev–Trinajstić information content (AvgIpc) is 3.18. The van der Waals surface area contributed by atoms with Gasteiger partial charge in [-0.05, 0) is 49.0 Å². The lowest BCUT2D eigenvalue weighted by molar-refractivity contribution is 0.102. The van der Waals surface area contributed by atoms with Gasteiger partial charge in [0.05, 0.1) is 12.1 Å². The van der Waals surface area contributed by atoms with E-state index in [2.05, 4.69) is 15.2 Å². The fourth-order valence-corrected chi connectivity index (χ4v) is 3.82. The molecule has 1 amide bonds. The standard InChI is InChI=1S/C25H25N3O2/c1-26-17-23(29)24(18-8-4-2-5-9-18)28-15-14-20-16-21(12-13-22(20)28)27-25(30)19-10-6-3-7-11-19/h2-16,23-24,26,29H,17H2,1H3,(H,27,30)/t23-,24+/m1/s1. The third-order valence-corrected chi connectivity index (χ3v) is 5.23. The van der Waals surface area contributed by atoms with Gasteiger partial charge < -0.3 is 20.3 Å². The van der Waals surface area contributed by atoms with E-state index >= 15 is 0 Å². The van der Waals surface area contributed by atoms with Crippen molar-refractivity contribution in [2.75, 3.05) is 18.9 Å². The second-order valence-corrected chi connectivity index (χ2v) is 7.30. The van der Waals surface area contributed by atoms with Crippen molar-refractivity contribution in [2.24, 2.45) is 0 Å². The summed E-state index contributed by atoms with van der Waals surface area (Å²) in [5, 5.41) is 17.9. The topological polar surface area (TPSA) is 66.3 Å². The number of likely N-dealkylation sites (N-methyl/N-ethyl adjacent to an activating group) is 1. The molecule has 3 aromatic carbocycles. The molecule has 4 rings (SSSR count). The smallest absolute Gasteiger partial charge is 0.255 e. The zero-order valence-electron chi connectivity index (χ0n) is 16.8. The Kier molecular flexibility index (Phi) is 5.93. The van der Waals surface area contributed by atoms with Crippen molar-refractivity contribution in [2.45, 2.75) is 12.1 Å². The molecule has 152 valence electrons. The normalized spacial score (nSPS) is 13.1. The van der Waals surface area contributed by atoms with Gasteiger partial charge in [-0.25, -0.2) is 0 Å². The van der Waals surface area contributed by atoms with Gasteiger partial charge in [0.1, 0.15) is 0 Å². The molecule has 0 saturated carbocycles. The number of aliphatic hydroxyl groups is 1. The fraction of sp³-hybridized carbons (Fsp3) is 0.160. The Morgan fingerprint density at radius 1 is 0.967 bits per heavy atom. The van der Waals surface area contributed by atoms with E-state index in [0.29, 0.717) is 12.1 Å². The van der Waals surface area contributed by atoms with Crippen LogP contribution in [0.2, 0.25) is 0 Å². The molecule has 3 N–H and O–H groups in total. The van der Waals surface area contributed by atoms with Crippen LogP contribution in [-0.2, 0) is 0 Å². The van der Waals surface area contributed by atoms with Gasteiger partial charge in [0.2, 0.25) is 0 Å². The van der Waals surface area contributed by atoms with Crippen LogP contribution in [0.5, 0.6) is 0 Å². The summed E-state index contributed by atoms with van der Waals surface area (Å²) in [7, 11) is 1.83. The van der Waals surface area contributed by atoms with Gasteiger partial charge in [-0.1, -0.05) is 48.5 Å². The molecule has 0 aliphatic rings. The average molecular weight is 399 g/mol. The van der Waals surface area contributed by atoms with Crippen molar-refractivity contribution in [1.82, 2.24) is 9.88 Å². The highest BCUT2D eigenvalue weighted by atomic mass is 16.3. The van der Waals surface area contributed by atoms with Crippen LogP contribution in [0.3, 0.4) is 0 Å². The summed E-state index contributed by atoms with van der Waals surface area (Å²) in [6.45, 7) is 0.477. The predicted octanol–water partition coefficient (Wildman–Crippen LogP) is 4.06. The molecule has 5 heteroatoms. The molecule has 1 heterocycles. The highest BCUT2D eigenvalue weighted by Crippen LogP contribution is 2.29. The van der Waals surface area contributed by atoms with Crippen LogP contribution in [0.25, 0.3) is 10.9 Å². The van der Waals surface area contributed by atoms with E-state index in [1.54, 1.807) is 12.1 Å². The van der Waals surface area contributed by atoms with Crippen molar-refractivity contribution in [1.29, 1.82) is 0 Å². The van der Waals surface area contributed by atoms with Crippen molar-refractivity contribution in [3.8, 4) is 0 Å². The number of aliphatic hydroxyl groups excluding tert-OH is 1. The Hall–Kier alpha value is -3.41. The number of carbonyl (C=O) groups excluding carboxylic acids is 1. The Balaban J connectivity index is 1.66. The van der Waals surface area contributed by atoms with Gasteiger partial charge in [-0.3, -0.25) is 4.79 Å². The molecule has 30 heavy (non-hydrogen) atoms. The molecule has 4 aromatic rings. The molecular weight excluding hydrogens is 374 g/mol. The zero-order chi connectivity index (χ0) is 20.9. The van der Waals surface area contributed by atoms with Gasteiger partial charge in [0.25, 0.3) is 5.91 Å². The van der Waals surface area contributed by atoms with E-state index in [1.807, 2.05) is 86.0 Å². The number of fused-ring (bicyclic) bond motifs is 1. The molecule has 0 radical (unpaired) electrons. The number of hydrogen-bond acceptors (Lipinski definition) is 3. The van der Waals surface area contributed by atoms with Crippen LogP contribution in [0.1, 0.15) is 22.0 Å². The maximum atomic E-state index is 12.5. The molecule has 0 aliphatic carbocycles. The summed E-state index contributed by atoms with van der Waals surface area (Å²) < 4.78 is 2.09. The summed E-state index contributed by atoms with van der Waals surface area (Å²) in [5.74, 6) is -0.138. The molecule has 2 atom stereocenters. The summed E-state index contributed by atoms with van der Waals surface area (Å²) in [6, 6.07) is 26.8. The van der Waals surface area contributed by atoms with E-state index in [0.717, 1.165) is 22.2 Å². The van der Waals surface area contributed by atoms with Crippen LogP contribution < -0.4 is 10.6 Å².